The zero-order chi connectivity index (χ0) is 17.9. The number of pyridine rings is 1. The Balaban J connectivity index is 2.10. The summed E-state index contributed by atoms with van der Waals surface area (Å²) in [5.41, 5.74) is 1.83. The molecule has 0 bridgehead atoms. The Bertz CT molecular complexity index is 644. The molecule has 130 valence electrons. The molecule has 1 aromatic rings. The van der Waals surface area contributed by atoms with Gasteiger partial charge in [-0.3, -0.25) is 0 Å². The van der Waals surface area contributed by atoms with Gasteiger partial charge in [0.05, 0.1) is 7.11 Å². The van der Waals surface area contributed by atoms with Gasteiger partial charge >= 0.3 is 12.1 Å². The molecule has 1 aromatic heterocycles. The van der Waals surface area contributed by atoms with Crippen LogP contribution in [0.15, 0.2) is 24.4 Å². The lowest BCUT2D eigenvalue weighted by Crippen LogP contribution is -2.41. The van der Waals surface area contributed by atoms with E-state index in [-0.39, 0.29) is 17.7 Å². The number of nitrogens with zero attached hydrogens (tertiary/aromatic N) is 2. The molecule has 1 aliphatic heterocycles. The summed E-state index contributed by atoms with van der Waals surface area (Å²) in [5.74, 6) is -0.305. The van der Waals surface area contributed by atoms with Crippen molar-refractivity contribution < 1.29 is 19.1 Å². The van der Waals surface area contributed by atoms with E-state index in [9.17, 15) is 9.59 Å². The summed E-state index contributed by atoms with van der Waals surface area (Å²) in [5, 5.41) is 0. The van der Waals surface area contributed by atoms with E-state index in [0.717, 1.165) is 11.1 Å². The van der Waals surface area contributed by atoms with E-state index in [1.165, 1.54) is 7.11 Å². The zero-order valence-electron chi connectivity index (χ0n) is 14.8. The van der Waals surface area contributed by atoms with Crippen LogP contribution in [0.1, 0.15) is 43.7 Å². The van der Waals surface area contributed by atoms with Crippen molar-refractivity contribution in [3.8, 4) is 0 Å². The number of hydrogen-bond donors (Lipinski definition) is 0. The van der Waals surface area contributed by atoms with E-state index in [4.69, 9.17) is 4.74 Å². The average Bonchev–Trinajstić information content (AvgIpc) is 2.52. The summed E-state index contributed by atoms with van der Waals surface area (Å²) >= 11 is 0. The van der Waals surface area contributed by atoms with Gasteiger partial charge in [0.15, 0.2) is 0 Å². The van der Waals surface area contributed by atoms with E-state index < -0.39 is 11.6 Å². The third kappa shape index (κ3) is 4.34. The minimum atomic E-state index is -0.502. The molecule has 6 nitrogen and oxygen atoms in total. The number of amides is 1. The molecule has 1 unspecified atom stereocenters. The van der Waals surface area contributed by atoms with Crippen LogP contribution in [0.5, 0.6) is 0 Å². The summed E-state index contributed by atoms with van der Waals surface area (Å²) in [6, 6.07) is 3.50. The maximum atomic E-state index is 12.2. The van der Waals surface area contributed by atoms with Crippen molar-refractivity contribution in [3.63, 3.8) is 0 Å². The summed E-state index contributed by atoms with van der Waals surface area (Å²) < 4.78 is 10.1. The van der Waals surface area contributed by atoms with Crippen LogP contribution in [0.3, 0.4) is 0 Å². The second kappa shape index (κ2) is 7.03. The highest BCUT2D eigenvalue weighted by Crippen LogP contribution is 2.28. The summed E-state index contributed by atoms with van der Waals surface area (Å²) in [6.07, 6.45) is 3.37. The minimum Gasteiger partial charge on any atom is -0.464 e. The Hall–Kier alpha value is -2.37. The van der Waals surface area contributed by atoms with E-state index in [0.29, 0.717) is 13.1 Å². The van der Waals surface area contributed by atoms with Crippen LogP contribution in [0.2, 0.25) is 0 Å². The molecule has 2 rings (SSSR count). The van der Waals surface area contributed by atoms with Crippen LogP contribution >= 0.6 is 0 Å². The third-order valence-electron chi connectivity index (χ3n) is 3.70. The first-order valence-corrected chi connectivity index (χ1v) is 7.94. The van der Waals surface area contributed by atoms with Gasteiger partial charge in [0, 0.05) is 19.3 Å². The highest BCUT2D eigenvalue weighted by molar-refractivity contribution is 5.87. The van der Waals surface area contributed by atoms with E-state index in [2.05, 4.69) is 16.6 Å². The van der Waals surface area contributed by atoms with Gasteiger partial charge in [-0.2, -0.15) is 0 Å². The van der Waals surface area contributed by atoms with Crippen LogP contribution in [0, 0.1) is 5.92 Å². The molecule has 2 heterocycles. The molecule has 0 aromatic carbocycles. The number of aromatic nitrogens is 1. The molecular weight excluding hydrogens is 308 g/mol. The lowest BCUT2D eigenvalue weighted by Gasteiger charge is -2.32. The van der Waals surface area contributed by atoms with Crippen molar-refractivity contribution >= 4 is 17.6 Å². The van der Waals surface area contributed by atoms with Gasteiger partial charge in [-0.05, 0) is 43.9 Å². The van der Waals surface area contributed by atoms with Crippen molar-refractivity contribution in [1.29, 1.82) is 0 Å². The number of esters is 1. The molecule has 0 radical (unpaired) electrons. The van der Waals surface area contributed by atoms with Crippen LogP contribution in [-0.4, -0.2) is 47.7 Å². The highest BCUT2D eigenvalue weighted by Gasteiger charge is 2.27. The average molecular weight is 332 g/mol. The lowest BCUT2D eigenvalue weighted by molar-refractivity contribution is 0.0251. The van der Waals surface area contributed by atoms with E-state index in [1.54, 1.807) is 17.2 Å². The van der Waals surface area contributed by atoms with Crippen molar-refractivity contribution in [3.05, 3.63) is 35.7 Å². The first-order chi connectivity index (χ1) is 11.2. The van der Waals surface area contributed by atoms with Gasteiger partial charge in [-0.15, -0.1) is 0 Å². The van der Waals surface area contributed by atoms with Crippen LogP contribution < -0.4 is 0 Å². The molecule has 0 fully saturated rings. The Morgan fingerprint density at radius 3 is 2.50 bits per heavy atom. The number of carbonyl (C=O) groups excluding carboxylic acids is 2. The smallest absolute Gasteiger partial charge is 0.410 e. The summed E-state index contributed by atoms with van der Waals surface area (Å²) in [7, 11) is 1.33. The highest BCUT2D eigenvalue weighted by atomic mass is 16.6. The number of carbonyl (C=O) groups is 2. The molecule has 24 heavy (non-hydrogen) atoms. The minimum absolute atomic E-state index is 0.150. The Kier molecular flexibility index (Phi) is 5.26. The molecule has 0 saturated carbocycles. The van der Waals surface area contributed by atoms with Crippen molar-refractivity contribution in [1.82, 2.24) is 9.88 Å². The maximum Gasteiger partial charge on any atom is 0.410 e. The topological polar surface area (TPSA) is 68.7 Å². The molecular formula is C18H24N2O4. The summed E-state index contributed by atoms with van der Waals surface area (Å²) in [4.78, 5) is 29.4. The third-order valence-corrected chi connectivity index (χ3v) is 3.70. The van der Waals surface area contributed by atoms with Gasteiger partial charge in [-0.1, -0.05) is 19.1 Å². The van der Waals surface area contributed by atoms with Gasteiger partial charge in [0.1, 0.15) is 11.3 Å². The molecule has 0 spiro atoms. The van der Waals surface area contributed by atoms with Gasteiger partial charge in [0.25, 0.3) is 0 Å². The number of hydrogen-bond acceptors (Lipinski definition) is 5. The van der Waals surface area contributed by atoms with Crippen LogP contribution in [-0.2, 0) is 9.47 Å². The number of methoxy groups -OCH3 is 1. The van der Waals surface area contributed by atoms with E-state index >= 15 is 0 Å². The van der Waals surface area contributed by atoms with Crippen molar-refractivity contribution in [2.24, 2.45) is 5.92 Å². The van der Waals surface area contributed by atoms with Crippen LogP contribution in [0.4, 0.5) is 4.79 Å². The van der Waals surface area contributed by atoms with E-state index in [1.807, 2.05) is 32.9 Å². The fourth-order valence-electron chi connectivity index (χ4n) is 2.58. The first-order valence-electron chi connectivity index (χ1n) is 7.94. The Labute approximate surface area is 142 Å². The fourth-order valence-corrected chi connectivity index (χ4v) is 2.58. The number of rotatable bonds is 2. The van der Waals surface area contributed by atoms with Crippen molar-refractivity contribution in [2.75, 3.05) is 20.2 Å². The maximum absolute atomic E-state index is 12.2. The predicted molar refractivity (Wildman–Crippen MR) is 90.5 cm³/mol. The Morgan fingerprint density at radius 2 is 2.00 bits per heavy atom. The normalized spacial score (nSPS) is 18.0. The molecule has 1 atom stereocenters. The second-order valence-electron chi connectivity index (χ2n) is 6.87. The SMILES string of the molecule is COC(=O)c1ccc(C2=CCN(C(=O)OC(C)(C)C)CC2C)cn1. The molecule has 0 aliphatic carbocycles. The molecule has 1 amide bonds. The molecule has 0 N–H and O–H groups in total. The number of ether oxygens (including phenoxy) is 2. The molecule has 6 heteroatoms. The second-order valence-corrected chi connectivity index (χ2v) is 6.87. The quantitative estimate of drug-likeness (QED) is 0.778. The largest absolute Gasteiger partial charge is 0.464 e. The lowest BCUT2D eigenvalue weighted by atomic mass is 9.91. The van der Waals surface area contributed by atoms with Gasteiger partial charge in [-0.25, -0.2) is 14.6 Å². The summed E-state index contributed by atoms with van der Waals surface area (Å²) in [6.45, 7) is 8.69. The monoisotopic (exact) mass is 332 g/mol. The van der Waals surface area contributed by atoms with Crippen LogP contribution in [0.25, 0.3) is 5.57 Å². The zero-order valence-corrected chi connectivity index (χ0v) is 14.8. The molecule has 1 aliphatic rings. The standard InChI is InChI=1S/C18H24N2O4/c1-12-11-20(17(22)24-18(2,3)4)9-8-14(12)13-6-7-15(19-10-13)16(21)23-5/h6-8,10,12H,9,11H2,1-5H3. The van der Waals surface area contributed by atoms with Gasteiger partial charge in [0.2, 0.25) is 0 Å². The predicted octanol–water partition coefficient (Wildman–Crippen LogP) is 3.14. The first kappa shape index (κ1) is 18.0. The van der Waals surface area contributed by atoms with Crippen molar-refractivity contribution in [2.45, 2.75) is 33.3 Å². The van der Waals surface area contributed by atoms with Gasteiger partial charge < -0.3 is 14.4 Å². The fraction of sp³-hybridized carbons (Fsp3) is 0.500. The Morgan fingerprint density at radius 1 is 1.29 bits per heavy atom. The molecule has 0 saturated heterocycles.